The molecule has 0 spiro atoms. The minimum atomic E-state index is -0.314. The van der Waals surface area contributed by atoms with Crippen LogP contribution < -0.4 is 21.3 Å². The lowest BCUT2D eigenvalue weighted by molar-refractivity contribution is -0.116. The Hall–Kier alpha value is -3.36. The summed E-state index contributed by atoms with van der Waals surface area (Å²) in [6.07, 6.45) is 2.60. The second-order valence-corrected chi connectivity index (χ2v) is 8.28. The van der Waals surface area contributed by atoms with E-state index in [-0.39, 0.29) is 34.5 Å². The zero-order valence-corrected chi connectivity index (χ0v) is 19.8. The van der Waals surface area contributed by atoms with Crippen LogP contribution in [0, 0.1) is 0 Å². The molecule has 0 unspecified atom stereocenters. The first-order valence-corrected chi connectivity index (χ1v) is 11.8. The lowest BCUT2D eigenvalue weighted by Gasteiger charge is -2.19. The molecular formula is C26H32N4O4. The highest BCUT2D eigenvalue weighted by molar-refractivity contribution is 6.29. The molecule has 3 rings (SSSR count). The third kappa shape index (κ3) is 6.36. The number of carbonyl (C=O) groups is 4. The van der Waals surface area contributed by atoms with Crippen LogP contribution in [-0.4, -0.2) is 49.6 Å². The van der Waals surface area contributed by atoms with Crippen LogP contribution in [0.15, 0.2) is 36.4 Å². The Labute approximate surface area is 199 Å². The molecule has 0 aliphatic heterocycles. The molecule has 0 aromatic heterocycles. The normalized spacial score (nSPS) is 12.2. The second-order valence-electron chi connectivity index (χ2n) is 8.28. The molecule has 0 fully saturated rings. The number of amides is 2. The summed E-state index contributed by atoms with van der Waals surface area (Å²) in [7, 11) is 0. The average Bonchev–Trinajstić information content (AvgIpc) is 2.83. The first kappa shape index (κ1) is 25.3. The van der Waals surface area contributed by atoms with Crippen LogP contribution in [0.1, 0.15) is 71.4 Å². The number of ketones is 2. The van der Waals surface area contributed by atoms with Crippen molar-refractivity contribution >= 4 is 34.8 Å². The van der Waals surface area contributed by atoms with Crippen LogP contribution >= 0.6 is 0 Å². The fourth-order valence-electron chi connectivity index (χ4n) is 3.76. The highest BCUT2D eigenvalue weighted by Gasteiger charge is 2.30. The number of fused-ring (bicyclic) bond motifs is 2. The summed E-state index contributed by atoms with van der Waals surface area (Å²) in [6, 6.07) is 9.49. The number of nitrogens with one attached hydrogen (secondary N) is 4. The zero-order valence-electron chi connectivity index (χ0n) is 19.8. The Morgan fingerprint density at radius 1 is 0.618 bits per heavy atom. The van der Waals surface area contributed by atoms with E-state index in [0.717, 1.165) is 25.9 Å². The Bertz CT molecular complexity index is 999. The molecular weight excluding hydrogens is 432 g/mol. The minimum Gasteiger partial charge on any atom is -0.326 e. The van der Waals surface area contributed by atoms with Crippen LogP contribution in [-0.2, 0) is 9.59 Å². The average molecular weight is 465 g/mol. The van der Waals surface area contributed by atoms with Crippen LogP contribution in [0.2, 0.25) is 0 Å². The summed E-state index contributed by atoms with van der Waals surface area (Å²) in [6.45, 7) is 6.94. The second kappa shape index (κ2) is 12.2. The number of hydrogen-bond acceptors (Lipinski definition) is 6. The van der Waals surface area contributed by atoms with Gasteiger partial charge in [-0.15, -0.1) is 0 Å². The predicted molar refractivity (Wildman–Crippen MR) is 133 cm³/mol. The van der Waals surface area contributed by atoms with Crippen molar-refractivity contribution in [3.05, 3.63) is 58.7 Å². The summed E-state index contributed by atoms with van der Waals surface area (Å²) >= 11 is 0. The van der Waals surface area contributed by atoms with Crippen LogP contribution in [0.3, 0.4) is 0 Å². The van der Waals surface area contributed by atoms with Gasteiger partial charge in [-0.05, 0) is 62.3 Å². The van der Waals surface area contributed by atoms with E-state index in [1.807, 2.05) is 0 Å². The molecule has 0 saturated carbocycles. The van der Waals surface area contributed by atoms with Gasteiger partial charge in [0.25, 0.3) is 0 Å². The number of carbonyl (C=O) groups excluding carboxylic acids is 4. The predicted octanol–water partition coefficient (Wildman–Crippen LogP) is 3.12. The molecule has 8 heteroatoms. The molecule has 4 N–H and O–H groups in total. The van der Waals surface area contributed by atoms with E-state index in [2.05, 4.69) is 35.1 Å². The van der Waals surface area contributed by atoms with E-state index < -0.39 is 0 Å². The third-order valence-corrected chi connectivity index (χ3v) is 5.50. The fraction of sp³-hybridized carbons (Fsp3) is 0.385. The fourth-order valence-corrected chi connectivity index (χ4v) is 3.76. The number of hydrogen-bond donors (Lipinski definition) is 4. The molecule has 2 amide bonds. The molecule has 0 atom stereocenters. The maximum Gasteiger partial charge on any atom is 0.225 e. The van der Waals surface area contributed by atoms with E-state index >= 15 is 0 Å². The van der Waals surface area contributed by atoms with Crippen molar-refractivity contribution in [2.24, 2.45) is 0 Å². The summed E-state index contributed by atoms with van der Waals surface area (Å²) in [5.74, 6) is -0.909. The maximum atomic E-state index is 13.2. The molecule has 0 saturated heterocycles. The van der Waals surface area contributed by atoms with E-state index in [4.69, 9.17) is 0 Å². The van der Waals surface area contributed by atoms with Crippen molar-refractivity contribution in [2.45, 2.75) is 39.5 Å². The van der Waals surface area contributed by atoms with Crippen LogP contribution in [0.25, 0.3) is 0 Å². The van der Waals surface area contributed by atoms with Crippen molar-refractivity contribution in [3.63, 3.8) is 0 Å². The minimum absolute atomic E-state index is 0.169. The Kier molecular flexibility index (Phi) is 9.07. The summed E-state index contributed by atoms with van der Waals surface area (Å²) in [5, 5.41) is 11.9. The third-order valence-electron chi connectivity index (χ3n) is 5.50. The summed E-state index contributed by atoms with van der Waals surface area (Å²) in [5.41, 5.74) is 2.02. The van der Waals surface area contributed by atoms with Gasteiger partial charge >= 0.3 is 0 Å². The van der Waals surface area contributed by atoms with Crippen LogP contribution in [0.4, 0.5) is 11.4 Å². The number of rotatable bonds is 12. The Balaban J connectivity index is 1.71. The monoisotopic (exact) mass is 464 g/mol. The van der Waals surface area contributed by atoms with Gasteiger partial charge < -0.3 is 21.3 Å². The smallest absolute Gasteiger partial charge is 0.225 e. The molecule has 180 valence electrons. The first-order chi connectivity index (χ1) is 16.4. The van der Waals surface area contributed by atoms with Gasteiger partial charge in [0.05, 0.1) is 0 Å². The Morgan fingerprint density at radius 3 is 1.44 bits per heavy atom. The van der Waals surface area contributed by atoms with Gasteiger partial charge in [-0.1, -0.05) is 13.8 Å². The molecule has 1 aliphatic rings. The molecule has 0 bridgehead atoms. The van der Waals surface area contributed by atoms with E-state index in [1.54, 1.807) is 36.4 Å². The van der Waals surface area contributed by atoms with Gasteiger partial charge in [0.2, 0.25) is 11.8 Å². The van der Waals surface area contributed by atoms with Crippen LogP contribution in [0.5, 0.6) is 0 Å². The van der Waals surface area contributed by atoms with Gasteiger partial charge in [0.15, 0.2) is 11.6 Å². The summed E-state index contributed by atoms with van der Waals surface area (Å²) in [4.78, 5) is 50.6. The quantitative estimate of drug-likeness (QED) is 0.306. The Morgan fingerprint density at radius 2 is 1.03 bits per heavy atom. The molecule has 8 nitrogen and oxygen atoms in total. The lowest BCUT2D eigenvalue weighted by Crippen LogP contribution is -2.24. The van der Waals surface area contributed by atoms with E-state index in [1.165, 1.54) is 0 Å². The van der Waals surface area contributed by atoms with Crippen molar-refractivity contribution in [3.8, 4) is 0 Å². The van der Waals surface area contributed by atoms with Crippen molar-refractivity contribution < 1.29 is 19.2 Å². The van der Waals surface area contributed by atoms with Crippen molar-refractivity contribution in [2.75, 3.05) is 36.8 Å². The molecule has 1 aliphatic carbocycles. The zero-order chi connectivity index (χ0) is 24.5. The lowest BCUT2D eigenvalue weighted by atomic mass is 9.83. The molecule has 2 aromatic carbocycles. The maximum absolute atomic E-state index is 13.2. The highest BCUT2D eigenvalue weighted by atomic mass is 16.2. The molecule has 0 radical (unpaired) electrons. The highest BCUT2D eigenvalue weighted by Crippen LogP contribution is 2.31. The van der Waals surface area contributed by atoms with E-state index in [9.17, 15) is 19.2 Å². The molecule has 2 aromatic rings. The van der Waals surface area contributed by atoms with Gasteiger partial charge in [-0.25, -0.2) is 0 Å². The van der Waals surface area contributed by atoms with Gasteiger partial charge in [0, 0.05) is 59.6 Å². The van der Waals surface area contributed by atoms with E-state index in [0.29, 0.717) is 48.4 Å². The van der Waals surface area contributed by atoms with Crippen molar-refractivity contribution in [1.82, 2.24) is 10.6 Å². The topological polar surface area (TPSA) is 116 Å². The first-order valence-electron chi connectivity index (χ1n) is 11.8. The largest absolute Gasteiger partial charge is 0.326 e. The molecule has 34 heavy (non-hydrogen) atoms. The van der Waals surface area contributed by atoms with Gasteiger partial charge in [-0.3, -0.25) is 19.2 Å². The number of anilines is 2. The van der Waals surface area contributed by atoms with Gasteiger partial charge in [-0.2, -0.15) is 0 Å². The summed E-state index contributed by atoms with van der Waals surface area (Å²) < 4.78 is 0. The molecule has 0 heterocycles. The van der Waals surface area contributed by atoms with Gasteiger partial charge in [0.1, 0.15) is 0 Å². The standard InChI is InChI=1S/C26H32N4O4/c1-3-11-27-13-9-23(31)29-17-5-7-19-21(15-17)26(34)22-16-18(6-8-20(22)25(19)33)30-24(32)10-14-28-12-4-2/h5-8,15-16,27-28H,3-4,9-14H2,1-2H3,(H,29,31)(H,30,32). The SMILES string of the molecule is CCCNCCC(=O)Nc1ccc2c(c1)C(=O)c1cc(NC(=O)CCNCCC)ccc1C2=O. The number of benzene rings is 2. The van der Waals surface area contributed by atoms with Crippen molar-refractivity contribution in [1.29, 1.82) is 0 Å².